The molecular weight excluding hydrogens is 266 g/mol. The van der Waals surface area contributed by atoms with Crippen molar-refractivity contribution in [3.05, 3.63) is 58.4 Å². The maximum Gasteiger partial charge on any atom is 0.355 e. The summed E-state index contributed by atoms with van der Waals surface area (Å²) >= 11 is 0. The van der Waals surface area contributed by atoms with Crippen molar-refractivity contribution < 1.29 is 14.3 Å². The zero-order valence-corrected chi connectivity index (χ0v) is 12.5. The normalized spacial score (nSPS) is 10.4. The largest absolute Gasteiger partial charge is 0.456 e. The van der Waals surface area contributed by atoms with Crippen molar-refractivity contribution in [2.24, 2.45) is 0 Å². The van der Waals surface area contributed by atoms with Crippen LogP contribution in [0.1, 0.15) is 51.5 Å². The van der Waals surface area contributed by atoms with Crippen molar-refractivity contribution in [1.82, 2.24) is 4.98 Å². The molecule has 1 heterocycles. The maximum atomic E-state index is 12.2. The number of carbonyl (C=O) groups is 2. The number of ether oxygens (including phenoxy) is 1. The van der Waals surface area contributed by atoms with Gasteiger partial charge in [0.25, 0.3) is 0 Å². The SMILES string of the molecule is CCc1c(C(=O)OCc2ccccc2)[nH]c(C)c1C(C)=O. The number of aromatic nitrogens is 1. The molecule has 0 radical (unpaired) electrons. The number of hydrogen-bond donors (Lipinski definition) is 1. The molecule has 0 saturated carbocycles. The third-order valence-electron chi connectivity index (χ3n) is 3.41. The number of esters is 1. The number of nitrogens with one attached hydrogen (secondary N) is 1. The molecule has 0 bridgehead atoms. The highest BCUT2D eigenvalue weighted by Crippen LogP contribution is 2.21. The van der Waals surface area contributed by atoms with Gasteiger partial charge in [-0.05, 0) is 31.4 Å². The standard InChI is InChI=1S/C17H19NO3/c1-4-14-15(12(3)19)11(2)18-16(14)17(20)21-10-13-8-6-5-7-9-13/h5-9,18H,4,10H2,1-3H3. The monoisotopic (exact) mass is 285 g/mol. The number of H-pyrrole nitrogens is 1. The Balaban J connectivity index is 2.20. The van der Waals surface area contributed by atoms with Crippen molar-refractivity contribution in [3.63, 3.8) is 0 Å². The van der Waals surface area contributed by atoms with Gasteiger partial charge >= 0.3 is 5.97 Å². The van der Waals surface area contributed by atoms with Crippen LogP contribution in [-0.2, 0) is 17.8 Å². The van der Waals surface area contributed by atoms with Gasteiger partial charge in [-0.15, -0.1) is 0 Å². The number of aryl methyl sites for hydroxylation is 1. The summed E-state index contributed by atoms with van der Waals surface area (Å²) < 4.78 is 5.32. The van der Waals surface area contributed by atoms with Gasteiger partial charge in [-0.3, -0.25) is 4.79 Å². The van der Waals surface area contributed by atoms with Gasteiger partial charge in [-0.25, -0.2) is 4.79 Å². The second-order valence-electron chi connectivity index (χ2n) is 4.95. The lowest BCUT2D eigenvalue weighted by molar-refractivity contribution is 0.0465. The molecule has 21 heavy (non-hydrogen) atoms. The Morgan fingerprint density at radius 2 is 1.86 bits per heavy atom. The molecule has 4 heteroatoms. The van der Waals surface area contributed by atoms with E-state index in [1.165, 1.54) is 6.92 Å². The van der Waals surface area contributed by atoms with Crippen molar-refractivity contribution in [1.29, 1.82) is 0 Å². The van der Waals surface area contributed by atoms with E-state index in [0.717, 1.165) is 11.1 Å². The molecule has 2 rings (SSSR count). The lowest BCUT2D eigenvalue weighted by Crippen LogP contribution is -2.09. The van der Waals surface area contributed by atoms with Crippen LogP contribution in [0.4, 0.5) is 0 Å². The van der Waals surface area contributed by atoms with E-state index in [9.17, 15) is 9.59 Å². The Kier molecular flexibility index (Phi) is 4.58. The summed E-state index contributed by atoms with van der Waals surface area (Å²) in [6.07, 6.45) is 0.606. The summed E-state index contributed by atoms with van der Waals surface area (Å²) in [5.41, 5.74) is 3.36. The molecular formula is C17H19NO3. The zero-order chi connectivity index (χ0) is 15.4. The number of benzene rings is 1. The average molecular weight is 285 g/mol. The average Bonchev–Trinajstić information content (AvgIpc) is 2.82. The Morgan fingerprint density at radius 1 is 1.19 bits per heavy atom. The maximum absolute atomic E-state index is 12.2. The van der Waals surface area contributed by atoms with Gasteiger partial charge in [0.1, 0.15) is 12.3 Å². The van der Waals surface area contributed by atoms with Crippen molar-refractivity contribution in [3.8, 4) is 0 Å². The molecule has 1 N–H and O–H groups in total. The minimum absolute atomic E-state index is 0.0392. The van der Waals surface area contributed by atoms with Crippen LogP contribution in [0.25, 0.3) is 0 Å². The summed E-state index contributed by atoms with van der Waals surface area (Å²) in [4.78, 5) is 26.9. The minimum Gasteiger partial charge on any atom is -0.456 e. The quantitative estimate of drug-likeness (QED) is 0.676. The van der Waals surface area contributed by atoms with E-state index in [1.807, 2.05) is 37.3 Å². The molecule has 0 aliphatic rings. The number of hydrogen-bond acceptors (Lipinski definition) is 3. The van der Waals surface area contributed by atoms with E-state index in [0.29, 0.717) is 23.4 Å². The Morgan fingerprint density at radius 3 is 2.43 bits per heavy atom. The fraction of sp³-hybridized carbons (Fsp3) is 0.294. The van der Waals surface area contributed by atoms with Gasteiger partial charge in [0.05, 0.1) is 0 Å². The van der Waals surface area contributed by atoms with Gasteiger partial charge in [-0.2, -0.15) is 0 Å². The highest BCUT2D eigenvalue weighted by molar-refractivity contribution is 6.01. The number of ketones is 1. The van der Waals surface area contributed by atoms with E-state index in [2.05, 4.69) is 4.98 Å². The summed E-state index contributed by atoms with van der Waals surface area (Å²) in [6.45, 7) is 5.44. The summed E-state index contributed by atoms with van der Waals surface area (Å²) in [5, 5.41) is 0. The fourth-order valence-corrected chi connectivity index (χ4v) is 2.48. The third kappa shape index (κ3) is 3.21. The first-order valence-corrected chi connectivity index (χ1v) is 6.98. The van der Waals surface area contributed by atoms with Crippen LogP contribution in [-0.4, -0.2) is 16.7 Å². The first-order chi connectivity index (χ1) is 10.0. The molecule has 110 valence electrons. The molecule has 4 nitrogen and oxygen atoms in total. The van der Waals surface area contributed by atoms with E-state index >= 15 is 0 Å². The molecule has 0 aliphatic heterocycles. The van der Waals surface area contributed by atoms with Crippen LogP contribution >= 0.6 is 0 Å². The molecule has 1 aromatic heterocycles. The summed E-state index contributed by atoms with van der Waals surface area (Å²) in [6, 6.07) is 9.50. The lowest BCUT2D eigenvalue weighted by atomic mass is 10.0. The Labute approximate surface area is 124 Å². The predicted molar refractivity (Wildman–Crippen MR) is 80.5 cm³/mol. The van der Waals surface area contributed by atoms with Gasteiger partial charge in [0.2, 0.25) is 0 Å². The van der Waals surface area contributed by atoms with Gasteiger partial charge in [-0.1, -0.05) is 37.3 Å². The molecule has 0 fully saturated rings. The third-order valence-corrected chi connectivity index (χ3v) is 3.41. The van der Waals surface area contributed by atoms with Gasteiger partial charge < -0.3 is 9.72 Å². The van der Waals surface area contributed by atoms with Crippen LogP contribution in [0.15, 0.2) is 30.3 Å². The first kappa shape index (κ1) is 15.0. The number of aromatic amines is 1. The summed E-state index contributed by atoms with van der Waals surface area (Å²) in [5.74, 6) is -0.464. The zero-order valence-electron chi connectivity index (χ0n) is 12.5. The Bertz CT molecular complexity index is 656. The van der Waals surface area contributed by atoms with Crippen LogP contribution in [0.2, 0.25) is 0 Å². The van der Waals surface area contributed by atoms with Crippen LogP contribution in [0.3, 0.4) is 0 Å². The van der Waals surface area contributed by atoms with Crippen LogP contribution in [0, 0.1) is 6.92 Å². The highest BCUT2D eigenvalue weighted by atomic mass is 16.5. The minimum atomic E-state index is -0.425. The van der Waals surface area contributed by atoms with Gasteiger partial charge in [0, 0.05) is 11.3 Å². The van der Waals surface area contributed by atoms with E-state index < -0.39 is 5.97 Å². The second kappa shape index (κ2) is 6.39. The number of rotatable bonds is 5. The highest BCUT2D eigenvalue weighted by Gasteiger charge is 2.22. The van der Waals surface area contributed by atoms with Gasteiger partial charge in [0.15, 0.2) is 5.78 Å². The second-order valence-corrected chi connectivity index (χ2v) is 4.95. The fourth-order valence-electron chi connectivity index (χ4n) is 2.48. The van der Waals surface area contributed by atoms with E-state index in [-0.39, 0.29) is 12.4 Å². The molecule has 1 aromatic carbocycles. The topological polar surface area (TPSA) is 59.2 Å². The van der Waals surface area contributed by atoms with Crippen LogP contribution in [0.5, 0.6) is 0 Å². The van der Waals surface area contributed by atoms with Crippen molar-refractivity contribution in [2.75, 3.05) is 0 Å². The molecule has 0 spiro atoms. The van der Waals surface area contributed by atoms with Crippen LogP contribution < -0.4 is 0 Å². The molecule has 0 amide bonds. The number of carbonyl (C=O) groups excluding carboxylic acids is 2. The smallest absolute Gasteiger partial charge is 0.355 e. The first-order valence-electron chi connectivity index (χ1n) is 6.98. The lowest BCUT2D eigenvalue weighted by Gasteiger charge is -2.05. The van der Waals surface area contributed by atoms with E-state index in [1.54, 1.807) is 6.92 Å². The summed E-state index contributed by atoms with van der Waals surface area (Å²) in [7, 11) is 0. The molecule has 0 saturated heterocycles. The van der Waals surface area contributed by atoms with Crippen molar-refractivity contribution >= 4 is 11.8 Å². The van der Waals surface area contributed by atoms with E-state index in [4.69, 9.17) is 4.74 Å². The number of Topliss-reactive ketones (excluding diaryl/α,β-unsaturated/α-hetero) is 1. The molecule has 0 atom stereocenters. The Hall–Kier alpha value is -2.36. The molecule has 0 unspecified atom stereocenters. The molecule has 2 aromatic rings. The predicted octanol–water partition coefficient (Wildman–Crippen LogP) is 3.45. The molecule has 0 aliphatic carbocycles. The van der Waals surface area contributed by atoms with Crippen molar-refractivity contribution in [2.45, 2.75) is 33.8 Å².